The molecular formula is C23H17OP. The largest absolute Gasteiger partial charge is 0.274 e. The van der Waals surface area contributed by atoms with Crippen LogP contribution < -0.4 is 0 Å². The molecule has 0 saturated heterocycles. The van der Waals surface area contributed by atoms with E-state index in [1.807, 2.05) is 60.7 Å². The molecule has 0 aliphatic heterocycles. The van der Waals surface area contributed by atoms with Crippen LogP contribution in [0.1, 0.15) is 16.8 Å². The van der Waals surface area contributed by atoms with Gasteiger partial charge in [-0.3, -0.25) is 4.57 Å². The van der Waals surface area contributed by atoms with Crippen molar-refractivity contribution < 1.29 is 4.57 Å². The highest BCUT2D eigenvalue weighted by atomic mass is 31.1. The van der Waals surface area contributed by atoms with Gasteiger partial charge in [0.1, 0.15) is 0 Å². The second-order valence-electron chi connectivity index (χ2n) is 6.03. The third-order valence-corrected chi connectivity index (χ3v) is 5.32. The lowest BCUT2D eigenvalue weighted by atomic mass is 9.90. The molecule has 1 atom stereocenters. The summed E-state index contributed by atoms with van der Waals surface area (Å²) in [6.45, 7) is 0. The van der Waals surface area contributed by atoms with Gasteiger partial charge in [0.15, 0.2) is 8.46 Å². The quantitative estimate of drug-likeness (QED) is 0.370. The van der Waals surface area contributed by atoms with Gasteiger partial charge in [-0.2, -0.15) is 0 Å². The summed E-state index contributed by atoms with van der Waals surface area (Å²) in [5, 5.41) is 2.32. The van der Waals surface area contributed by atoms with Crippen LogP contribution in [-0.4, -0.2) is 0 Å². The van der Waals surface area contributed by atoms with Crippen molar-refractivity contribution in [1.82, 2.24) is 0 Å². The smallest absolute Gasteiger partial charge is 0.168 e. The van der Waals surface area contributed by atoms with Crippen molar-refractivity contribution >= 4 is 19.2 Å². The molecule has 0 bridgehead atoms. The van der Waals surface area contributed by atoms with E-state index in [4.69, 9.17) is 0 Å². The van der Waals surface area contributed by atoms with E-state index in [0.29, 0.717) is 0 Å². The molecular weight excluding hydrogens is 323 g/mol. The average Bonchev–Trinajstić information content (AvgIpc) is 2.70. The summed E-state index contributed by atoms with van der Waals surface area (Å²) in [5.74, 6) is 0. The first kappa shape index (κ1) is 15.7. The Kier molecular flexibility index (Phi) is 4.41. The maximum Gasteiger partial charge on any atom is 0.168 e. The molecule has 1 unspecified atom stereocenters. The summed E-state index contributed by atoms with van der Waals surface area (Å²) in [5.41, 5.74) is 4.27. The molecule has 25 heavy (non-hydrogen) atoms. The fourth-order valence-corrected chi connectivity index (χ4v) is 4.05. The summed E-state index contributed by atoms with van der Waals surface area (Å²) in [6.07, 6.45) is 0. The molecule has 0 aliphatic carbocycles. The van der Waals surface area contributed by atoms with Gasteiger partial charge in [-0.15, -0.1) is 0 Å². The zero-order chi connectivity index (χ0) is 17.1. The second kappa shape index (κ2) is 7.01. The molecule has 0 amide bonds. The number of hydrogen-bond acceptors (Lipinski definition) is 1. The first-order chi connectivity index (χ1) is 12.4. The molecule has 2 heteroatoms. The van der Waals surface area contributed by atoms with Crippen molar-refractivity contribution in [3.05, 3.63) is 108 Å². The summed E-state index contributed by atoms with van der Waals surface area (Å²) in [4.78, 5) is 0. The van der Waals surface area contributed by atoms with Crippen LogP contribution >= 0.6 is 8.46 Å². The highest BCUT2D eigenvalue weighted by molar-refractivity contribution is 7.24. The van der Waals surface area contributed by atoms with Gasteiger partial charge in [-0.05, 0) is 33.0 Å². The topological polar surface area (TPSA) is 17.1 Å². The van der Waals surface area contributed by atoms with Crippen LogP contribution in [0.4, 0.5) is 0 Å². The second-order valence-corrected chi connectivity index (χ2v) is 6.76. The van der Waals surface area contributed by atoms with E-state index in [2.05, 4.69) is 36.4 Å². The van der Waals surface area contributed by atoms with Gasteiger partial charge in [-0.25, -0.2) is 0 Å². The fourth-order valence-electron chi connectivity index (χ4n) is 3.38. The monoisotopic (exact) mass is 340 g/mol. The molecule has 0 aliphatic rings. The molecule has 0 spiro atoms. The average molecular weight is 340 g/mol. The normalized spacial score (nSPS) is 12.3. The van der Waals surface area contributed by atoms with E-state index < -0.39 is 0 Å². The molecule has 4 aromatic rings. The summed E-state index contributed by atoms with van der Waals surface area (Å²) >= 11 is 0. The van der Waals surface area contributed by atoms with Gasteiger partial charge in [0, 0.05) is 0 Å². The third-order valence-electron chi connectivity index (χ3n) is 4.55. The molecule has 4 aromatic carbocycles. The Labute approximate surface area is 149 Å². The van der Waals surface area contributed by atoms with Crippen molar-refractivity contribution in [2.75, 3.05) is 0 Å². The molecule has 0 N–H and O–H groups in total. The number of benzene rings is 4. The van der Waals surface area contributed by atoms with Crippen LogP contribution in [0, 0.1) is 0 Å². The van der Waals surface area contributed by atoms with Gasteiger partial charge >= 0.3 is 0 Å². The third kappa shape index (κ3) is 2.99. The number of hydrogen-bond donors (Lipinski definition) is 0. The molecule has 0 aromatic heterocycles. The van der Waals surface area contributed by atoms with Gasteiger partial charge in [0.2, 0.25) is 0 Å². The maximum absolute atomic E-state index is 12.2. The molecule has 120 valence electrons. The minimum absolute atomic E-state index is 0.104. The Morgan fingerprint density at radius 2 is 1.28 bits per heavy atom. The molecule has 0 heterocycles. The minimum atomic E-state index is -0.192. The van der Waals surface area contributed by atoms with Crippen LogP contribution in [0.25, 0.3) is 21.9 Å². The van der Waals surface area contributed by atoms with Crippen molar-refractivity contribution in [3.8, 4) is 11.1 Å². The Morgan fingerprint density at radius 3 is 2.00 bits per heavy atom. The fraction of sp³-hybridized carbons (Fsp3) is 0.0435. The predicted molar refractivity (Wildman–Crippen MR) is 105 cm³/mol. The molecule has 0 fully saturated rings. The zero-order valence-electron chi connectivity index (χ0n) is 13.7. The summed E-state index contributed by atoms with van der Waals surface area (Å²) in [6, 6.07) is 33.0. The Balaban J connectivity index is 2.04. The minimum Gasteiger partial charge on any atom is -0.274 e. The predicted octanol–water partition coefficient (Wildman–Crippen LogP) is 6.89. The van der Waals surface area contributed by atoms with Gasteiger partial charge in [0.25, 0.3) is 0 Å². The Bertz CT molecular complexity index is 1010. The maximum atomic E-state index is 12.2. The number of rotatable bonds is 4. The Morgan fingerprint density at radius 1 is 0.640 bits per heavy atom. The van der Waals surface area contributed by atoms with Gasteiger partial charge in [0.05, 0.1) is 5.66 Å². The van der Waals surface area contributed by atoms with Gasteiger partial charge in [-0.1, -0.05) is 97.1 Å². The lowest BCUT2D eigenvalue weighted by Gasteiger charge is -2.18. The van der Waals surface area contributed by atoms with Crippen LogP contribution in [0.3, 0.4) is 0 Å². The van der Waals surface area contributed by atoms with E-state index in [9.17, 15) is 4.57 Å². The summed E-state index contributed by atoms with van der Waals surface area (Å²) < 4.78 is 12.2. The number of fused-ring (bicyclic) bond motifs is 1. The van der Waals surface area contributed by atoms with E-state index >= 15 is 0 Å². The van der Waals surface area contributed by atoms with Crippen LogP contribution in [0.2, 0.25) is 0 Å². The van der Waals surface area contributed by atoms with Crippen molar-refractivity contribution in [2.24, 2.45) is 0 Å². The summed E-state index contributed by atoms with van der Waals surface area (Å²) in [7, 11) is 0.104. The lowest BCUT2D eigenvalue weighted by molar-refractivity contribution is 0.595. The van der Waals surface area contributed by atoms with Crippen molar-refractivity contribution in [2.45, 2.75) is 5.66 Å². The van der Waals surface area contributed by atoms with Crippen molar-refractivity contribution in [3.63, 3.8) is 0 Å². The van der Waals surface area contributed by atoms with Crippen LogP contribution in [-0.2, 0) is 4.57 Å². The first-order valence-corrected chi connectivity index (χ1v) is 9.21. The van der Waals surface area contributed by atoms with Crippen LogP contribution in [0.5, 0.6) is 0 Å². The highest BCUT2D eigenvalue weighted by Crippen LogP contribution is 2.43. The van der Waals surface area contributed by atoms with E-state index in [0.717, 1.165) is 27.6 Å². The zero-order valence-corrected chi connectivity index (χ0v) is 14.6. The molecule has 1 nitrogen and oxygen atoms in total. The van der Waals surface area contributed by atoms with Gasteiger partial charge < -0.3 is 0 Å². The molecule has 4 rings (SSSR count). The highest BCUT2D eigenvalue weighted by Gasteiger charge is 2.21. The lowest BCUT2D eigenvalue weighted by Crippen LogP contribution is -1.98. The van der Waals surface area contributed by atoms with E-state index in [1.54, 1.807) is 0 Å². The molecule has 0 saturated carbocycles. The van der Waals surface area contributed by atoms with Crippen LogP contribution in [0.15, 0.2) is 97.1 Å². The SMILES string of the molecule is O=PC(c1ccccc1)c1c(-c2ccccc2)ccc2ccccc12. The first-order valence-electron chi connectivity index (χ1n) is 8.33. The standard InChI is InChI=1S/C23H17OP/c24-25-23(19-12-5-2-6-13-19)22-20-14-8-7-11-18(20)15-16-21(22)17-9-3-1-4-10-17/h1-16,23H. The van der Waals surface area contributed by atoms with Crippen molar-refractivity contribution in [1.29, 1.82) is 0 Å². The van der Waals surface area contributed by atoms with E-state index in [1.165, 1.54) is 5.39 Å². The van der Waals surface area contributed by atoms with E-state index in [-0.39, 0.29) is 14.1 Å². The Hall–Kier alpha value is -2.76. The molecule has 0 radical (unpaired) electrons.